The Balaban J connectivity index is 1.85. The maximum atomic E-state index is 11.4. The van der Waals surface area contributed by atoms with Gasteiger partial charge < -0.3 is 25.2 Å². The van der Waals surface area contributed by atoms with E-state index in [0.717, 1.165) is 6.42 Å². The van der Waals surface area contributed by atoms with Gasteiger partial charge in [0.05, 0.1) is 6.54 Å². The van der Waals surface area contributed by atoms with E-state index in [4.69, 9.17) is 9.47 Å². The molecule has 0 unspecified atom stereocenters. The lowest BCUT2D eigenvalue weighted by atomic mass is 10.1. The van der Waals surface area contributed by atoms with Crippen LogP contribution in [0.2, 0.25) is 0 Å². The lowest BCUT2D eigenvalue weighted by molar-refractivity contribution is -0.120. The van der Waals surface area contributed by atoms with Gasteiger partial charge in [-0.1, -0.05) is 6.92 Å². The van der Waals surface area contributed by atoms with Crippen molar-refractivity contribution in [2.45, 2.75) is 19.9 Å². The van der Waals surface area contributed by atoms with Gasteiger partial charge in [0.15, 0.2) is 11.5 Å². The van der Waals surface area contributed by atoms with Crippen LogP contribution in [-0.2, 0) is 11.3 Å². The molecule has 1 aliphatic rings. The van der Waals surface area contributed by atoms with E-state index in [1.807, 2.05) is 6.92 Å². The number of carbonyl (C=O) groups excluding carboxylic acids is 1. The highest BCUT2D eigenvalue weighted by Crippen LogP contribution is 2.37. The zero-order chi connectivity index (χ0) is 13.7. The van der Waals surface area contributed by atoms with E-state index in [0.29, 0.717) is 30.2 Å². The predicted octanol–water partition coefficient (Wildman–Crippen LogP) is 0.737. The summed E-state index contributed by atoms with van der Waals surface area (Å²) in [5, 5.41) is 15.5. The van der Waals surface area contributed by atoms with Crippen molar-refractivity contribution in [3.8, 4) is 17.2 Å². The summed E-state index contributed by atoms with van der Waals surface area (Å²) >= 11 is 0. The molecular weight excluding hydrogens is 248 g/mol. The fourth-order valence-electron chi connectivity index (χ4n) is 1.75. The van der Waals surface area contributed by atoms with E-state index < -0.39 is 0 Å². The molecule has 0 saturated carbocycles. The number of rotatable bonds is 6. The summed E-state index contributed by atoms with van der Waals surface area (Å²) in [6, 6.07) is 3.24. The van der Waals surface area contributed by atoms with Gasteiger partial charge in [0, 0.05) is 24.7 Å². The van der Waals surface area contributed by atoms with E-state index in [1.165, 1.54) is 6.07 Å². The largest absolute Gasteiger partial charge is 0.507 e. The molecule has 0 aromatic heterocycles. The minimum Gasteiger partial charge on any atom is -0.507 e. The number of amides is 1. The van der Waals surface area contributed by atoms with Crippen molar-refractivity contribution < 1.29 is 19.4 Å². The van der Waals surface area contributed by atoms with Gasteiger partial charge in [0.2, 0.25) is 12.7 Å². The molecule has 6 heteroatoms. The predicted molar refractivity (Wildman–Crippen MR) is 69.2 cm³/mol. The second kappa shape index (κ2) is 6.29. The third kappa shape index (κ3) is 3.51. The minimum absolute atomic E-state index is 0.0536. The topological polar surface area (TPSA) is 79.8 Å². The lowest BCUT2D eigenvalue weighted by Crippen LogP contribution is -2.33. The standard InChI is InChI=1S/C13H18N2O4/c1-2-3-15-13(17)7-14-6-9-4-11-12(5-10(9)16)19-8-18-11/h4-5,14,16H,2-3,6-8H2,1H3,(H,15,17). The molecule has 0 saturated heterocycles. The van der Waals surface area contributed by atoms with Crippen LogP contribution in [0.15, 0.2) is 12.1 Å². The van der Waals surface area contributed by atoms with Crippen LogP contribution in [0.5, 0.6) is 17.2 Å². The Morgan fingerprint density at radius 2 is 2.11 bits per heavy atom. The highest BCUT2D eigenvalue weighted by Gasteiger charge is 2.16. The molecule has 0 atom stereocenters. The molecular formula is C13H18N2O4. The fraction of sp³-hybridized carbons (Fsp3) is 0.462. The molecule has 6 nitrogen and oxygen atoms in total. The zero-order valence-electron chi connectivity index (χ0n) is 10.9. The van der Waals surface area contributed by atoms with Crippen molar-refractivity contribution in [3.63, 3.8) is 0 Å². The summed E-state index contributed by atoms with van der Waals surface area (Å²) in [7, 11) is 0. The second-order valence-corrected chi connectivity index (χ2v) is 4.29. The Hall–Kier alpha value is -1.95. The van der Waals surface area contributed by atoms with Crippen LogP contribution in [0, 0.1) is 0 Å². The number of phenolic OH excluding ortho intramolecular Hbond substituents is 1. The molecule has 1 amide bonds. The molecule has 0 fully saturated rings. The van der Waals surface area contributed by atoms with Crippen LogP contribution >= 0.6 is 0 Å². The van der Waals surface area contributed by atoms with Gasteiger partial charge in [-0.2, -0.15) is 0 Å². The van der Waals surface area contributed by atoms with Crippen molar-refractivity contribution in [3.05, 3.63) is 17.7 Å². The molecule has 1 heterocycles. The first-order valence-corrected chi connectivity index (χ1v) is 6.29. The van der Waals surface area contributed by atoms with Gasteiger partial charge in [0.25, 0.3) is 0 Å². The molecule has 1 aromatic rings. The number of ether oxygens (including phenoxy) is 2. The summed E-state index contributed by atoms with van der Waals surface area (Å²) in [6.45, 7) is 3.45. The monoisotopic (exact) mass is 266 g/mol. The summed E-state index contributed by atoms with van der Waals surface area (Å²) in [5.41, 5.74) is 0.674. The van der Waals surface area contributed by atoms with Crippen LogP contribution in [-0.4, -0.2) is 30.9 Å². The number of hydrogen-bond acceptors (Lipinski definition) is 5. The number of carbonyl (C=O) groups is 1. The maximum absolute atomic E-state index is 11.4. The molecule has 0 bridgehead atoms. The third-order valence-corrected chi connectivity index (χ3v) is 2.75. The quantitative estimate of drug-likeness (QED) is 0.707. The van der Waals surface area contributed by atoms with E-state index in [1.54, 1.807) is 6.07 Å². The molecule has 19 heavy (non-hydrogen) atoms. The second-order valence-electron chi connectivity index (χ2n) is 4.29. The Bertz CT molecular complexity index is 462. The first-order chi connectivity index (χ1) is 9.20. The third-order valence-electron chi connectivity index (χ3n) is 2.75. The number of hydrogen-bond donors (Lipinski definition) is 3. The average Bonchev–Trinajstić information content (AvgIpc) is 2.83. The van der Waals surface area contributed by atoms with Crippen molar-refractivity contribution in [1.29, 1.82) is 0 Å². The molecule has 3 N–H and O–H groups in total. The Labute approximate surface area is 111 Å². The molecule has 1 aliphatic heterocycles. The van der Waals surface area contributed by atoms with E-state index >= 15 is 0 Å². The average molecular weight is 266 g/mol. The molecule has 1 aromatic carbocycles. The van der Waals surface area contributed by atoms with Crippen LogP contribution < -0.4 is 20.1 Å². The van der Waals surface area contributed by atoms with E-state index in [-0.39, 0.29) is 25.0 Å². The van der Waals surface area contributed by atoms with Crippen LogP contribution in [0.1, 0.15) is 18.9 Å². The smallest absolute Gasteiger partial charge is 0.233 e. The normalized spacial score (nSPS) is 12.5. The van der Waals surface area contributed by atoms with Crippen LogP contribution in [0.25, 0.3) is 0 Å². The number of aromatic hydroxyl groups is 1. The van der Waals surface area contributed by atoms with Gasteiger partial charge >= 0.3 is 0 Å². The first-order valence-electron chi connectivity index (χ1n) is 6.29. The molecule has 0 aliphatic carbocycles. The molecule has 104 valence electrons. The highest BCUT2D eigenvalue weighted by molar-refractivity contribution is 5.77. The summed E-state index contributed by atoms with van der Waals surface area (Å²) < 4.78 is 10.4. The van der Waals surface area contributed by atoms with Gasteiger partial charge in [-0.05, 0) is 12.5 Å². The molecule has 2 rings (SSSR count). The van der Waals surface area contributed by atoms with Crippen LogP contribution in [0.4, 0.5) is 0 Å². The summed E-state index contributed by atoms with van der Waals surface area (Å²) in [6.07, 6.45) is 0.911. The fourth-order valence-corrected chi connectivity index (χ4v) is 1.75. The summed E-state index contributed by atoms with van der Waals surface area (Å²) in [5.74, 6) is 1.24. The Morgan fingerprint density at radius 3 is 2.84 bits per heavy atom. The number of fused-ring (bicyclic) bond motifs is 1. The van der Waals surface area contributed by atoms with Crippen molar-refractivity contribution in [1.82, 2.24) is 10.6 Å². The van der Waals surface area contributed by atoms with Gasteiger partial charge in [-0.15, -0.1) is 0 Å². The lowest BCUT2D eigenvalue weighted by Gasteiger charge is -2.08. The number of phenols is 1. The van der Waals surface area contributed by atoms with Gasteiger partial charge in [-0.3, -0.25) is 4.79 Å². The van der Waals surface area contributed by atoms with E-state index in [2.05, 4.69) is 10.6 Å². The van der Waals surface area contributed by atoms with Gasteiger partial charge in [0.1, 0.15) is 5.75 Å². The maximum Gasteiger partial charge on any atom is 0.233 e. The summed E-state index contributed by atoms with van der Waals surface area (Å²) in [4.78, 5) is 11.4. The van der Waals surface area contributed by atoms with Crippen LogP contribution in [0.3, 0.4) is 0 Å². The van der Waals surface area contributed by atoms with E-state index in [9.17, 15) is 9.90 Å². The highest BCUT2D eigenvalue weighted by atomic mass is 16.7. The van der Waals surface area contributed by atoms with Crippen molar-refractivity contribution in [2.24, 2.45) is 0 Å². The SMILES string of the molecule is CCCNC(=O)CNCc1cc2c(cc1O)OCO2. The molecule has 0 spiro atoms. The minimum atomic E-state index is -0.0536. The number of nitrogens with one attached hydrogen (secondary N) is 2. The zero-order valence-corrected chi connectivity index (χ0v) is 10.9. The van der Waals surface area contributed by atoms with Crippen molar-refractivity contribution >= 4 is 5.91 Å². The first kappa shape index (κ1) is 13.5. The van der Waals surface area contributed by atoms with Gasteiger partial charge in [-0.25, -0.2) is 0 Å². The molecule has 0 radical (unpaired) electrons. The number of benzene rings is 1. The van der Waals surface area contributed by atoms with Crippen molar-refractivity contribution in [2.75, 3.05) is 19.9 Å². The Kier molecular flexibility index (Phi) is 4.46. The Morgan fingerprint density at radius 1 is 1.37 bits per heavy atom.